The molecule has 0 saturated carbocycles. The van der Waals surface area contributed by atoms with Gasteiger partial charge in [0, 0.05) is 13.6 Å². The molecule has 0 aromatic rings. The minimum absolute atomic E-state index is 0.134. The molecule has 0 spiro atoms. The lowest BCUT2D eigenvalue weighted by Gasteiger charge is -2.33. The quantitative estimate of drug-likeness (QED) is 0.748. The summed E-state index contributed by atoms with van der Waals surface area (Å²) >= 11 is 0. The van der Waals surface area contributed by atoms with E-state index < -0.39 is 5.54 Å². The number of nitrogens with zero attached hydrogens (tertiary/aromatic N) is 1. The second kappa shape index (κ2) is 4.30. The molecular formula is C11H24N2O. The van der Waals surface area contributed by atoms with Gasteiger partial charge in [0.15, 0.2) is 0 Å². The summed E-state index contributed by atoms with van der Waals surface area (Å²) in [6.07, 6.45) is 0. The van der Waals surface area contributed by atoms with Crippen LogP contribution in [-0.4, -0.2) is 37.0 Å². The van der Waals surface area contributed by atoms with Gasteiger partial charge in [-0.15, -0.1) is 0 Å². The van der Waals surface area contributed by atoms with Gasteiger partial charge in [-0.1, -0.05) is 20.8 Å². The molecule has 0 saturated heterocycles. The average molecular weight is 200 g/mol. The Kier molecular flexibility index (Phi) is 4.13. The van der Waals surface area contributed by atoms with E-state index in [1.807, 2.05) is 27.9 Å². The predicted molar refractivity (Wildman–Crippen MR) is 60.2 cm³/mol. The Balaban J connectivity index is 4.41. The van der Waals surface area contributed by atoms with Crippen LogP contribution in [0.4, 0.5) is 0 Å². The number of carbonyl (C=O) groups excluding carboxylic acids is 1. The third-order valence-corrected chi connectivity index (χ3v) is 2.22. The second-order valence-corrected chi connectivity index (χ2v) is 5.60. The Hall–Kier alpha value is -0.570. The van der Waals surface area contributed by atoms with Crippen LogP contribution < -0.4 is 5.32 Å². The molecule has 0 aliphatic heterocycles. The van der Waals surface area contributed by atoms with E-state index in [0.29, 0.717) is 0 Å². The molecular weight excluding hydrogens is 176 g/mol. The van der Waals surface area contributed by atoms with Gasteiger partial charge in [0.25, 0.3) is 0 Å². The van der Waals surface area contributed by atoms with Crippen molar-refractivity contribution in [2.45, 2.75) is 40.2 Å². The van der Waals surface area contributed by atoms with Crippen molar-refractivity contribution in [3.8, 4) is 0 Å². The summed E-state index contributed by atoms with van der Waals surface area (Å²) in [5, 5.41) is 3.02. The minimum Gasteiger partial charge on any atom is -0.344 e. The van der Waals surface area contributed by atoms with Crippen molar-refractivity contribution >= 4 is 5.91 Å². The van der Waals surface area contributed by atoms with Crippen LogP contribution in [0, 0.1) is 5.41 Å². The Morgan fingerprint density at radius 2 is 1.64 bits per heavy atom. The van der Waals surface area contributed by atoms with Gasteiger partial charge in [-0.3, -0.25) is 4.79 Å². The summed E-state index contributed by atoms with van der Waals surface area (Å²) in [5.41, 5.74) is -0.325. The molecule has 0 rings (SSSR count). The molecule has 0 fully saturated rings. The third kappa shape index (κ3) is 4.09. The van der Waals surface area contributed by atoms with Gasteiger partial charge in [-0.2, -0.15) is 0 Å². The lowest BCUT2D eigenvalue weighted by molar-refractivity contribution is -0.136. The van der Waals surface area contributed by atoms with Gasteiger partial charge in [-0.25, -0.2) is 0 Å². The van der Waals surface area contributed by atoms with Crippen LogP contribution in [-0.2, 0) is 4.79 Å². The maximum absolute atomic E-state index is 11.9. The molecule has 0 aromatic carbocycles. The van der Waals surface area contributed by atoms with E-state index in [-0.39, 0.29) is 11.3 Å². The number of hydrogen-bond donors (Lipinski definition) is 1. The summed E-state index contributed by atoms with van der Waals surface area (Å²) in [5.74, 6) is 0.134. The first-order valence-corrected chi connectivity index (χ1v) is 5.04. The van der Waals surface area contributed by atoms with E-state index in [2.05, 4.69) is 26.1 Å². The second-order valence-electron chi connectivity index (χ2n) is 5.60. The molecule has 3 nitrogen and oxygen atoms in total. The normalized spacial score (nSPS) is 12.8. The Labute approximate surface area is 87.9 Å². The standard InChI is InChI=1S/C11H24N2O/c1-10(2,3)8-13(7)9(14)11(4,5)12-6/h12H,8H2,1-7H3. The van der Waals surface area contributed by atoms with Gasteiger partial charge in [0.2, 0.25) is 5.91 Å². The molecule has 0 heterocycles. The molecule has 0 bridgehead atoms. The molecule has 3 heteroatoms. The van der Waals surface area contributed by atoms with Crippen molar-refractivity contribution in [1.82, 2.24) is 10.2 Å². The topological polar surface area (TPSA) is 32.3 Å². The first kappa shape index (κ1) is 13.4. The smallest absolute Gasteiger partial charge is 0.242 e. The maximum atomic E-state index is 11.9. The van der Waals surface area contributed by atoms with Crippen LogP contribution in [0.3, 0.4) is 0 Å². The van der Waals surface area contributed by atoms with Crippen LogP contribution in [0.1, 0.15) is 34.6 Å². The van der Waals surface area contributed by atoms with E-state index in [1.165, 1.54) is 0 Å². The van der Waals surface area contributed by atoms with Crippen molar-refractivity contribution in [3.05, 3.63) is 0 Å². The van der Waals surface area contributed by atoms with E-state index in [1.54, 1.807) is 4.90 Å². The SMILES string of the molecule is CNC(C)(C)C(=O)N(C)CC(C)(C)C. The van der Waals surface area contributed by atoms with E-state index >= 15 is 0 Å². The first-order valence-electron chi connectivity index (χ1n) is 5.04. The Morgan fingerprint density at radius 1 is 1.21 bits per heavy atom. The molecule has 0 aliphatic rings. The monoisotopic (exact) mass is 200 g/mol. The molecule has 0 atom stereocenters. The van der Waals surface area contributed by atoms with Crippen LogP contribution >= 0.6 is 0 Å². The summed E-state index contributed by atoms with van der Waals surface area (Å²) in [7, 11) is 3.66. The molecule has 0 aliphatic carbocycles. The van der Waals surface area contributed by atoms with E-state index in [4.69, 9.17) is 0 Å². The molecule has 84 valence electrons. The van der Waals surface area contributed by atoms with Crippen LogP contribution in [0.15, 0.2) is 0 Å². The summed E-state index contributed by atoms with van der Waals surface area (Å²) in [6.45, 7) is 11.0. The van der Waals surface area contributed by atoms with Crippen molar-refractivity contribution in [2.24, 2.45) is 5.41 Å². The fraction of sp³-hybridized carbons (Fsp3) is 0.909. The zero-order chi connectivity index (χ0) is 11.6. The highest BCUT2D eigenvalue weighted by atomic mass is 16.2. The van der Waals surface area contributed by atoms with Gasteiger partial charge in [-0.05, 0) is 26.3 Å². The molecule has 0 unspecified atom stereocenters. The highest BCUT2D eigenvalue weighted by Crippen LogP contribution is 2.16. The van der Waals surface area contributed by atoms with Crippen LogP contribution in [0.2, 0.25) is 0 Å². The fourth-order valence-corrected chi connectivity index (χ4v) is 1.37. The number of likely N-dealkylation sites (N-methyl/N-ethyl adjacent to an activating group) is 2. The highest BCUT2D eigenvalue weighted by molar-refractivity contribution is 5.85. The number of nitrogens with one attached hydrogen (secondary N) is 1. The third-order valence-electron chi connectivity index (χ3n) is 2.22. The van der Waals surface area contributed by atoms with Crippen molar-refractivity contribution in [3.63, 3.8) is 0 Å². The minimum atomic E-state index is -0.472. The van der Waals surface area contributed by atoms with Crippen molar-refractivity contribution in [1.29, 1.82) is 0 Å². The lowest BCUT2D eigenvalue weighted by atomic mass is 9.95. The largest absolute Gasteiger partial charge is 0.344 e. The number of amides is 1. The maximum Gasteiger partial charge on any atom is 0.242 e. The van der Waals surface area contributed by atoms with Gasteiger partial charge < -0.3 is 10.2 Å². The van der Waals surface area contributed by atoms with Crippen LogP contribution in [0.5, 0.6) is 0 Å². The van der Waals surface area contributed by atoms with E-state index in [9.17, 15) is 4.79 Å². The van der Waals surface area contributed by atoms with Crippen LogP contribution in [0.25, 0.3) is 0 Å². The molecule has 14 heavy (non-hydrogen) atoms. The van der Waals surface area contributed by atoms with Crippen molar-refractivity contribution < 1.29 is 4.79 Å². The average Bonchev–Trinajstić information content (AvgIpc) is 2.00. The summed E-state index contributed by atoms with van der Waals surface area (Å²) < 4.78 is 0. The predicted octanol–water partition coefficient (Wildman–Crippen LogP) is 1.49. The number of rotatable bonds is 3. The van der Waals surface area contributed by atoms with Gasteiger partial charge in [0.05, 0.1) is 5.54 Å². The lowest BCUT2D eigenvalue weighted by Crippen LogP contribution is -2.53. The summed E-state index contributed by atoms with van der Waals surface area (Å²) in [6, 6.07) is 0. The van der Waals surface area contributed by atoms with Crippen molar-refractivity contribution in [2.75, 3.05) is 20.6 Å². The molecule has 1 N–H and O–H groups in total. The van der Waals surface area contributed by atoms with E-state index in [0.717, 1.165) is 6.54 Å². The summed E-state index contributed by atoms with van der Waals surface area (Å²) in [4.78, 5) is 13.7. The molecule has 1 amide bonds. The number of carbonyl (C=O) groups is 1. The zero-order valence-corrected chi connectivity index (χ0v) is 10.6. The Bertz CT molecular complexity index is 204. The molecule has 0 aromatic heterocycles. The fourth-order valence-electron chi connectivity index (χ4n) is 1.37. The highest BCUT2D eigenvalue weighted by Gasteiger charge is 2.30. The van der Waals surface area contributed by atoms with Gasteiger partial charge in [0.1, 0.15) is 0 Å². The zero-order valence-electron chi connectivity index (χ0n) is 10.6. The van der Waals surface area contributed by atoms with Gasteiger partial charge >= 0.3 is 0 Å². The Morgan fingerprint density at radius 3 is 1.93 bits per heavy atom. The molecule has 0 radical (unpaired) electrons. The first-order chi connectivity index (χ1) is 6.10. The number of hydrogen-bond acceptors (Lipinski definition) is 2.